The molecule has 1 unspecified atom stereocenters. The number of fused-ring (bicyclic) bond motifs is 1. The fraction of sp³-hybridized carbons (Fsp3) is 0.292. The molecule has 0 amide bonds. The number of benzene rings is 2. The molecule has 1 aliphatic heterocycles. The molecule has 3 aromatic rings. The van der Waals surface area contributed by atoms with E-state index < -0.39 is 33.9 Å². The van der Waals surface area contributed by atoms with E-state index >= 15 is 8.78 Å². The maximum atomic E-state index is 15.8. The number of hydrogen-bond donors (Lipinski definition) is 1. The molecule has 12 heteroatoms. The number of aliphatic imine (C=N–C) groups is 1. The van der Waals surface area contributed by atoms with Crippen LogP contribution in [0.4, 0.5) is 25.0 Å². The molecule has 1 saturated heterocycles. The lowest BCUT2D eigenvalue weighted by Crippen LogP contribution is -2.24. The summed E-state index contributed by atoms with van der Waals surface area (Å²) in [5.74, 6) is -2.34. The number of nitro benzene ring substituents is 1. The Hall–Kier alpha value is -4.35. The van der Waals surface area contributed by atoms with Crippen LogP contribution in [0.25, 0.3) is 10.9 Å². The van der Waals surface area contributed by atoms with Crippen molar-refractivity contribution in [1.82, 2.24) is 4.57 Å². The second-order valence-electron chi connectivity index (χ2n) is 8.76. The average molecular weight is 498 g/mol. The number of carboxylic acid groups (broad SMARTS) is 1. The van der Waals surface area contributed by atoms with E-state index in [0.717, 1.165) is 6.07 Å². The number of hydrogen-bond acceptors (Lipinski definition) is 7. The summed E-state index contributed by atoms with van der Waals surface area (Å²) in [5, 5.41) is 19.4. The number of carbonyl (C=O) groups is 1. The molecule has 2 aromatic carbocycles. The topological polar surface area (TPSA) is 127 Å². The number of pyridine rings is 1. The van der Waals surface area contributed by atoms with Crippen molar-refractivity contribution in [1.29, 1.82) is 0 Å². The van der Waals surface area contributed by atoms with Gasteiger partial charge in [-0.25, -0.2) is 13.6 Å². The summed E-state index contributed by atoms with van der Waals surface area (Å²) in [6.07, 6.45) is 2.99. The minimum absolute atomic E-state index is 0.0345. The van der Waals surface area contributed by atoms with Gasteiger partial charge in [0, 0.05) is 37.5 Å². The third kappa shape index (κ3) is 4.37. The zero-order valence-corrected chi connectivity index (χ0v) is 18.8. The Balaban J connectivity index is 1.45. The summed E-state index contributed by atoms with van der Waals surface area (Å²) in [5.41, 5.74) is -0.630. The van der Waals surface area contributed by atoms with Crippen LogP contribution in [-0.4, -0.2) is 46.1 Å². The van der Waals surface area contributed by atoms with Gasteiger partial charge in [0.25, 0.3) is 5.69 Å². The van der Waals surface area contributed by atoms with Gasteiger partial charge in [-0.05, 0) is 43.0 Å². The van der Waals surface area contributed by atoms with Gasteiger partial charge in [0.1, 0.15) is 11.5 Å². The Kier molecular flexibility index (Phi) is 5.86. The van der Waals surface area contributed by atoms with Gasteiger partial charge in [-0.15, -0.1) is 0 Å². The third-order valence-electron chi connectivity index (χ3n) is 6.31. The van der Waals surface area contributed by atoms with Crippen LogP contribution in [-0.2, 0) is 0 Å². The molecular weight excluding hydrogens is 478 g/mol. The molecule has 2 fully saturated rings. The Labute approximate surface area is 202 Å². The van der Waals surface area contributed by atoms with Crippen LogP contribution >= 0.6 is 0 Å². The number of non-ortho nitro benzene ring substituents is 1. The first-order valence-electron chi connectivity index (χ1n) is 11.2. The largest absolute Gasteiger partial charge is 0.511 e. The molecule has 10 nitrogen and oxygen atoms in total. The van der Waals surface area contributed by atoms with Crippen molar-refractivity contribution in [3.8, 4) is 5.75 Å². The van der Waals surface area contributed by atoms with Crippen LogP contribution in [0, 0.1) is 21.7 Å². The van der Waals surface area contributed by atoms with Crippen molar-refractivity contribution < 1.29 is 28.3 Å². The average Bonchev–Trinajstić information content (AvgIpc) is 3.58. The van der Waals surface area contributed by atoms with Crippen LogP contribution in [0.5, 0.6) is 5.75 Å². The summed E-state index contributed by atoms with van der Waals surface area (Å²) < 4.78 is 37.0. The smallest absolute Gasteiger partial charge is 0.449 e. The first-order chi connectivity index (χ1) is 17.2. The zero-order chi connectivity index (χ0) is 25.6. The Morgan fingerprint density at radius 1 is 1.22 bits per heavy atom. The molecular formula is C24H20F2N4O6. The highest BCUT2D eigenvalue weighted by molar-refractivity contribution is 5.86. The number of halogens is 2. The van der Waals surface area contributed by atoms with E-state index in [-0.39, 0.29) is 40.9 Å². The van der Waals surface area contributed by atoms with Crippen LogP contribution in [0.2, 0.25) is 0 Å². The van der Waals surface area contributed by atoms with Gasteiger partial charge < -0.3 is 19.3 Å². The van der Waals surface area contributed by atoms with Crippen LogP contribution < -0.4 is 15.1 Å². The second-order valence-corrected chi connectivity index (χ2v) is 8.76. The number of aromatic nitrogens is 1. The Morgan fingerprint density at radius 2 is 1.94 bits per heavy atom. The predicted molar refractivity (Wildman–Crippen MR) is 126 cm³/mol. The number of anilines is 1. The summed E-state index contributed by atoms with van der Waals surface area (Å²) >= 11 is 0. The molecule has 186 valence electrons. The third-order valence-corrected chi connectivity index (χ3v) is 6.31. The summed E-state index contributed by atoms with van der Waals surface area (Å²) in [6.45, 7) is 0.562. The van der Waals surface area contributed by atoms with E-state index in [9.17, 15) is 19.7 Å². The monoisotopic (exact) mass is 498 g/mol. The van der Waals surface area contributed by atoms with E-state index in [1.807, 2.05) is 0 Å². The van der Waals surface area contributed by atoms with Crippen molar-refractivity contribution in [3.63, 3.8) is 0 Å². The van der Waals surface area contributed by atoms with E-state index in [2.05, 4.69) is 9.73 Å². The van der Waals surface area contributed by atoms with Crippen molar-refractivity contribution >= 4 is 34.6 Å². The molecule has 1 atom stereocenters. The first-order valence-corrected chi connectivity index (χ1v) is 11.2. The summed E-state index contributed by atoms with van der Waals surface area (Å²) in [7, 11) is 0. The molecule has 0 radical (unpaired) electrons. The van der Waals surface area contributed by atoms with E-state index in [0.29, 0.717) is 31.4 Å². The van der Waals surface area contributed by atoms with Gasteiger partial charge in [0.2, 0.25) is 5.43 Å². The number of ether oxygens (including phenoxy) is 1. The highest BCUT2D eigenvalue weighted by atomic mass is 19.1. The van der Waals surface area contributed by atoms with Gasteiger partial charge in [-0.2, -0.15) is 0 Å². The summed E-state index contributed by atoms with van der Waals surface area (Å²) in [4.78, 5) is 40.0. The molecule has 0 bridgehead atoms. The molecule has 1 saturated carbocycles. The lowest BCUT2D eigenvalue weighted by Gasteiger charge is -2.22. The molecule has 1 aliphatic carbocycles. The highest BCUT2D eigenvalue weighted by Gasteiger charge is 2.32. The fourth-order valence-corrected chi connectivity index (χ4v) is 4.44. The molecule has 2 aliphatic rings. The van der Waals surface area contributed by atoms with Crippen LogP contribution in [0.3, 0.4) is 0 Å². The molecule has 36 heavy (non-hydrogen) atoms. The Bertz CT molecular complexity index is 1470. The lowest BCUT2D eigenvalue weighted by molar-refractivity contribution is -0.384. The minimum Gasteiger partial charge on any atom is -0.449 e. The van der Waals surface area contributed by atoms with Gasteiger partial charge in [-0.1, -0.05) is 0 Å². The van der Waals surface area contributed by atoms with Crippen LogP contribution in [0.15, 0.2) is 46.3 Å². The van der Waals surface area contributed by atoms with E-state index in [1.54, 1.807) is 18.3 Å². The molecule has 2 heterocycles. The maximum Gasteiger partial charge on any atom is 0.511 e. The van der Waals surface area contributed by atoms with Crippen molar-refractivity contribution in [2.45, 2.75) is 31.3 Å². The van der Waals surface area contributed by atoms with Gasteiger partial charge in [0.05, 0.1) is 28.1 Å². The summed E-state index contributed by atoms with van der Waals surface area (Å²) in [6, 6.07) is 6.40. The second kappa shape index (κ2) is 9.02. The standard InChI is InChI=1S/C24H20F2N4O6/c25-18-9-17-21(29(15-5-6-15)12-19(23(17)31)36-24(32)33)20(26)22(18)28-8-7-14(11-28)27-10-13-1-3-16(4-2-13)30(34)35/h1-4,9-10,12,14-15H,5-8,11H2,(H,32,33). The zero-order valence-electron chi connectivity index (χ0n) is 18.8. The predicted octanol–water partition coefficient (Wildman–Crippen LogP) is 4.28. The SMILES string of the molecule is O=C(O)Oc1cn(C2CC2)c2c(F)c(N3CCC(N=Cc4ccc([N+](=O)[O-])cc4)C3)c(F)cc2c1=O. The van der Waals surface area contributed by atoms with Crippen molar-refractivity contribution in [3.05, 3.63) is 74.1 Å². The van der Waals surface area contributed by atoms with Crippen LogP contribution in [0.1, 0.15) is 30.9 Å². The quantitative estimate of drug-likeness (QED) is 0.233. The highest BCUT2D eigenvalue weighted by Crippen LogP contribution is 2.40. The van der Waals surface area contributed by atoms with Gasteiger partial charge >= 0.3 is 6.16 Å². The van der Waals surface area contributed by atoms with Gasteiger partial charge in [-0.3, -0.25) is 19.9 Å². The van der Waals surface area contributed by atoms with E-state index in [4.69, 9.17) is 5.11 Å². The Morgan fingerprint density at radius 3 is 2.58 bits per heavy atom. The first kappa shape index (κ1) is 23.4. The molecule has 0 spiro atoms. The minimum atomic E-state index is -1.69. The number of nitro groups is 1. The fourth-order valence-electron chi connectivity index (χ4n) is 4.44. The van der Waals surface area contributed by atoms with Gasteiger partial charge in [0.15, 0.2) is 11.6 Å². The number of rotatable bonds is 6. The lowest BCUT2D eigenvalue weighted by atomic mass is 10.1. The molecule has 5 rings (SSSR count). The van der Waals surface area contributed by atoms with Crippen molar-refractivity contribution in [2.24, 2.45) is 4.99 Å². The molecule has 1 N–H and O–H groups in total. The van der Waals surface area contributed by atoms with Crippen molar-refractivity contribution in [2.75, 3.05) is 18.0 Å². The maximum absolute atomic E-state index is 15.8. The normalized spacial score (nSPS) is 17.7. The van der Waals surface area contributed by atoms with E-state index in [1.165, 1.54) is 27.8 Å². The number of nitrogens with zero attached hydrogens (tertiary/aromatic N) is 4. The molecule has 1 aromatic heterocycles.